The molecule has 0 aliphatic carbocycles. The van der Waals surface area contributed by atoms with Crippen LogP contribution in [0.25, 0.3) is 0 Å². The Hall–Kier alpha value is -0.610. The molecule has 15 heavy (non-hydrogen) atoms. The quantitative estimate of drug-likeness (QED) is 0.658. The van der Waals surface area contributed by atoms with Crippen molar-refractivity contribution in [2.24, 2.45) is 0 Å². The van der Waals surface area contributed by atoms with Crippen molar-refractivity contribution >= 4 is 5.97 Å². The van der Waals surface area contributed by atoms with Crippen LogP contribution in [0.15, 0.2) is 0 Å². The highest BCUT2D eigenvalue weighted by molar-refractivity contribution is 5.66. The molecule has 4 heteroatoms. The molecule has 0 amide bonds. The maximum absolute atomic E-state index is 10.5. The van der Waals surface area contributed by atoms with E-state index in [0.29, 0.717) is 6.54 Å². The average Bonchev–Trinajstić information content (AvgIpc) is 2.08. The number of carboxylic acids is 1. The Morgan fingerprint density at radius 3 is 2.33 bits per heavy atom. The molecule has 0 heterocycles. The van der Waals surface area contributed by atoms with Crippen LogP contribution in [-0.4, -0.2) is 48.3 Å². The van der Waals surface area contributed by atoms with Crippen LogP contribution in [0.3, 0.4) is 0 Å². The molecule has 0 aromatic rings. The molecule has 0 rings (SSSR count). The lowest BCUT2D eigenvalue weighted by Crippen LogP contribution is -2.43. The van der Waals surface area contributed by atoms with Crippen LogP contribution >= 0.6 is 0 Å². The molecule has 0 aromatic carbocycles. The van der Waals surface area contributed by atoms with Gasteiger partial charge in [-0.2, -0.15) is 0 Å². The zero-order valence-corrected chi connectivity index (χ0v) is 10.2. The minimum Gasteiger partial charge on any atom is -0.481 e. The van der Waals surface area contributed by atoms with Crippen LogP contribution in [0, 0.1) is 0 Å². The Kier molecular flexibility index (Phi) is 6.52. The summed E-state index contributed by atoms with van der Waals surface area (Å²) in [6, 6.07) is 0. The minimum absolute atomic E-state index is 0.0171. The first-order chi connectivity index (χ1) is 6.88. The van der Waals surface area contributed by atoms with Crippen molar-refractivity contribution in [2.75, 3.05) is 26.8 Å². The number of nitrogens with zero attached hydrogens (tertiary/aromatic N) is 1. The van der Waals surface area contributed by atoms with Crippen molar-refractivity contribution in [1.29, 1.82) is 0 Å². The number of carbonyl (C=O) groups is 1. The zero-order valence-electron chi connectivity index (χ0n) is 10.2. The molecule has 4 nitrogen and oxygen atoms in total. The molecule has 1 N–H and O–H groups in total. The van der Waals surface area contributed by atoms with Crippen molar-refractivity contribution in [3.8, 4) is 0 Å². The van der Waals surface area contributed by atoms with Crippen LogP contribution in [0.2, 0.25) is 0 Å². The summed E-state index contributed by atoms with van der Waals surface area (Å²) < 4.78 is 4.99. The van der Waals surface area contributed by atoms with E-state index in [1.54, 1.807) is 7.11 Å². The summed E-state index contributed by atoms with van der Waals surface area (Å²) in [5.74, 6) is -0.740. The van der Waals surface area contributed by atoms with Gasteiger partial charge in [-0.1, -0.05) is 0 Å². The summed E-state index contributed by atoms with van der Waals surface area (Å²) in [5, 5.41) is 8.65. The highest BCUT2D eigenvalue weighted by Crippen LogP contribution is 2.14. The van der Waals surface area contributed by atoms with Crippen molar-refractivity contribution in [3.05, 3.63) is 0 Å². The van der Waals surface area contributed by atoms with Gasteiger partial charge in [0.25, 0.3) is 0 Å². The molecule has 0 unspecified atom stereocenters. The van der Waals surface area contributed by atoms with Gasteiger partial charge >= 0.3 is 5.97 Å². The van der Waals surface area contributed by atoms with Gasteiger partial charge in [0.05, 0.1) is 6.42 Å². The summed E-state index contributed by atoms with van der Waals surface area (Å²) in [4.78, 5) is 12.7. The van der Waals surface area contributed by atoms with Crippen molar-refractivity contribution in [1.82, 2.24) is 4.90 Å². The third-order valence-corrected chi connectivity index (χ3v) is 2.32. The molecular formula is C11H23NO3. The van der Waals surface area contributed by atoms with Gasteiger partial charge in [0.15, 0.2) is 0 Å². The van der Waals surface area contributed by atoms with Crippen molar-refractivity contribution < 1.29 is 14.6 Å². The predicted octanol–water partition coefficient (Wildman–Crippen LogP) is 1.60. The van der Waals surface area contributed by atoms with E-state index in [2.05, 4.69) is 25.7 Å². The second-order valence-corrected chi connectivity index (χ2v) is 4.65. The lowest BCUT2D eigenvalue weighted by molar-refractivity contribution is -0.137. The van der Waals surface area contributed by atoms with E-state index in [-0.39, 0.29) is 12.0 Å². The molecule has 0 atom stereocenters. The molecule has 0 aromatic heterocycles. The van der Waals surface area contributed by atoms with Crippen LogP contribution in [0.1, 0.15) is 33.6 Å². The smallest absolute Gasteiger partial charge is 0.304 e. The standard InChI is InChI=1S/C11H23NO3/c1-11(2,3)12(7-5-9-15-4)8-6-10(13)14/h5-9H2,1-4H3,(H,13,14). The molecule has 0 aliphatic rings. The Bertz CT molecular complexity index is 187. The molecule has 0 aliphatic heterocycles. The van der Waals surface area contributed by atoms with E-state index in [1.807, 2.05) is 0 Å². The first-order valence-corrected chi connectivity index (χ1v) is 5.33. The zero-order chi connectivity index (χ0) is 11.9. The molecule has 90 valence electrons. The van der Waals surface area contributed by atoms with Crippen molar-refractivity contribution in [3.63, 3.8) is 0 Å². The van der Waals surface area contributed by atoms with E-state index >= 15 is 0 Å². The largest absolute Gasteiger partial charge is 0.481 e. The van der Waals surface area contributed by atoms with Crippen LogP contribution < -0.4 is 0 Å². The molecule has 0 saturated heterocycles. The fourth-order valence-corrected chi connectivity index (χ4v) is 1.41. The van der Waals surface area contributed by atoms with E-state index in [0.717, 1.165) is 19.6 Å². The van der Waals surface area contributed by atoms with Gasteiger partial charge in [-0.15, -0.1) is 0 Å². The summed E-state index contributed by atoms with van der Waals surface area (Å²) >= 11 is 0. The second-order valence-electron chi connectivity index (χ2n) is 4.65. The van der Waals surface area contributed by atoms with Crippen LogP contribution in [0.5, 0.6) is 0 Å². The van der Waals surface area contributed by atoms with Gasteiger partial charge in [-0.3, -0.25) is 9.69 Å². The molecule has 0 spiro atoms. The van der Waals surface area contributed by atoms with Gasteiger partial charge in [0.1, 0.15) is 0 Å². The topological polar surface area (TPSA) is 49.8 Å². The number of aliphatic carboxylic acids is 1. The highest BCUT2D eigenvalue weighted by atomic mass is 16.5. The number of hydrogen-bond donors (Lipinski definition) is 1. The van der Waals surface area contributed by atoms with E-state index in [4.69, 9.17) is 9.84 Å². The Balaban J connectivity index is 4.02. The summed E-state index contributed by atoms with van der Waals surface area (Å²) in [6.45, 7) is 8.50. The van der Waals surface area contributed by atoms with Gasteiger partial charge in [0.2, 0.25) is 0 Å². The maximum atomic E-state index is 10.5. The van der Waals surface area contributed by atoms with Crippen LogP contribution in [-0.2, 0) is 9.53 Å². The molecule has 0 saturated carbocycles. The molecule has 0 fully saturated rings. The van der Waals surface area contributed by atoms with Gasteiger partial charge in [-0.05, 0) is 27.2 Å². The molecule has 0 bridgehead atoms. The SMILES string of the molecule is COCCCN(CCC(=O)O)C(C)(C)C. The summed E-state index contributed by atoms with van der Waals surface area (Å²) in [5.41, 5.74) is 0.0171. The lowest BCUT2D eigenvalue weighted by atomic mass is 10.1. The van der Waals surface area contributed by atoms with E-state index < -0.39 is 5.97 Å². The van der Waals surface area contributed by atoms with Gasteiger partial charge in [0, 0.05) is 32.3 Å². The fraction of sp³-hybridized carbons (Fsp3) is 0.909. The Morgan fingerprint density at radius 2 is 1.93 bits per heavy atom. The Labute approximate surface area is 92.2 Å². The van der Waals surface area contributed by atoms with Gasteiger partial charge < -0.3 is 9.84 Å². The molecular weight excluding hydrogens is 194 g/mol. The predicted molar refractivity (Wildman–Crippen MR) is 60.1 cm³/mol. The normalized spacial score (nSPS) is 12.1. The average molecular weight is 217 g/mol. The first-order valence-electron chi connectivity index (χ1n) is 5.33. The third-order valence-electron chi connectivity index (χ3n) is 2.32. The van der Waals surface area contributed by atoms with Crippen LogP contribution in [0.4, 0.5) is 0 Å². The number of rotatable bonds is 7. The fourth-order valence-electron chi connectivity index (χ4n) is 1.41. The monoisotopic (exact) mass is 217 g/mol. The molecule has 0 radical (unpaired) electrons. The van der Waals surface area contributed by atoms with E-state index in [9.17, 15) is 4.79 Å². The lowest BCUT2D eigenvalue weighted by Gasteiger charge is -2.35. The first kappa shape index (κ1) is 14.4. The highest BCUT2D eigenvalue weighted by Gasteiger charge is 2.20. The Morgan fingerprint density at radius 1 is 1.33 bits per heavy atom. The number of methoxy groups -OCH3 is 1. The van der Waals surface area contributed by atoms with Crippen molar-refractivity contribution in [2.45, 2.75) is 39.2 Å². The maximum Gasteiger partial charge on any atom is 0.304 e. The summed E-state index contributed by atoms with van der Waals surface area (Å²) in [7, 11) is 1.68. The second kappa shape index (κ2) is 6.80. The van der Waals surface area contributed by atoms with Gasteiger partial charge in [-0.25, -0.2) is 0 Å². The third kappa shape index (κ3) is 7.33. The number of ether oxygens (including phenoxy) is 1. The number of carboxylic acid groups (broad SMARTS) is 1. The minimum atomic E-state index is -0.740. The number of hydrogen-bond acceptors (Lipinski definition) is 3. The summed E-state index contributed by atoms with van der Waals surface area (Å²) in [6.07, 6.45) is 1.14. The van der Waals surface area contributed by atoms with E-state index in [1.165, 1.54) is 0 Å².